The van der Waals surface area contributed by atoms with Gasteiger partial charge in [-0.3, -0.25) is 15.0 Å². The summed E-state index contributed by atoms with van der Waals surface area (Å²) in [4.78, 5) is 15.2. The van der Waals surface area contributed by atoms with Gasteiger partial charge in [-0.15, -0.1) is 0 Å². The summed E-state index contributed by atoms with van der Waals surface area (Å²) in [6, 6.07) is 12.9. The minimum Gasteiger partial charge on any atom is -0.379 e. The van der Waals surface area contributed by atoms with Crippen LogP contribution in [0.5, 0.6) is 0 Å². The maximum Gasteiger partial charge on any atom is 0.270 e. The fourth-order valence-corrected chi connectivity index (χ4v) is 6.06. The van der Waals surface area contributed by atoms with Gasteiger partial charge in [0.15, 0.2) is 0 Å². The number of morpholine rings is 1. The Hall–Kier alpha value is -2.53. The number of hydrogen-bond donors (Lipinski definition) is 0. The topological polar surface area (TPSA) is 96.2 Å². The zero-order valence-corrected chi connectivity index (χ0v) is 20.5. The Labute approximate surface area is 201 Å². The Morgan fingerprint density at radius 2 is 1.62 bits per heavy atom. The number of non-ortho nitro benzene ring substituents is 1. The van der Waals surface area contributed by atoms with Gasteiger partial charge in [0.1, 0.15) is 4.90 Å². The van der Waals surface area contributed by atoms with Gasteiger partial charge in [-0.25, -0.2) is 8.42 Å². The van der Waals surface area contributed by atoms with Crippen LogP contribution >= 0.6 is 0 Å². The van der Waals surface area contributed by atoms with Crippen LogP contribution in [0, 0.1) is 10.1 Å². The van der Waals surface area contributed by atoms with Gasteiger partial charge in [0.25, 0.3) is 5.69 Å². The van der Waals surface area contributed by atoms with Crippen LogP contribution in [0.2, 0.25) is 0 Å². The number of anilines is 1. The van der Waals surface area contributed by atoms with Gasteiger partial charge >= 0.3 is 0 Å². The SMILES string of the molecule is CC(C)c1ccc(CN2CCN(c3ccc([N+](=O)[O-])cc3S(=O)(=O)N3CCOCC3)CC2)cc1. The van der Waals surface area contributed by atoms with Crippen molar-refractivity contribution in [3.05, 3.63) is 63.7 Å². The van der Waals surface area contributed by atoms with Crippen LogP contribution in [-0.4, -0.2) is 75.0 Å². The van der Waals surface area contributed by atoms with E-state index in [-0.39, 0.29) is 23.7 Å². The maximum atomic E-state index is 13.4. The number of sulfonamides is 1. The molecule has 0 aliphatic carbocycles. The highest BCUT2D eigenvalue weighted by molar-refractivity contribution is 7.89. The fraction of sp³-hybridized carbons (Fsp3) is 0.500. The van der Waals surface area contributed by atoms with Crippen LogP contribution < -0.4 is 4.90 Å². The Bertz CT molecular complexity index is 1110. The predicted octanol–water partition coefficient (Wildman–Crippen LogP) is 3.06. The number of piperazine rings is 1. The number of nitro groups is 1. The van der Waals surface area contributed by atoms with Crippen molar-refractivity contribution in [3.63, 3.8) is 0 Å². The Balaban J connectivity index is 1.50. The molecular formula is C24H32N4O5S. The molecule has 0 saturated carbocycles. The molecule has 0 spiro atoms. The molecule has 4 rings (SSSR count). The van der Waals surface area contributed by atoms with E-state index in [4.69, 9.17) is 4.74 Å². The molecule has 0 unspecified atom stereocenters. The predicted molar refractivity (Wildman–Crippen MR) is 131 cm³/mol. The van der Waals surface area contributed by atoms with Gasteiger partial charge in [-0.2, -0.15) is 4.31 Å². The van der Waals surface area contributed by atoms with Crippen molar-refractivity contribution in [3.8, 4) is 0 Å². The summed E-state index contributed by atoms with van der Waals surface area (Å²) in [5, 5.41) is 11.4. The third kappa shape index (κ3) is 5.41. The lowest BCUT2D eigenvalue weighted by Gasteiger charge is -2.37. The van der Waals surface area contributed by atoms with Gasteiger partial charge in [-0.05, 0) is 23.1 Å². The average Bonchev–Trinajstić information content (AvgIpc) is 2.85. The molecule has 2 aliphatic heterocycles. The molecule has 184 valence electrons. The van der Waals surface area contributed by atoms with E-state index in [0.717, 1.165) is 19.6 Å². The molecule has 0 N–H and O–H groups in total. The number of nitro benzene ring substituents is 1. The summed E-state index contributed by atoms with van der Waals surface area (Å²) in [6.07, 6.45) is 0. The number of benzene rings is 2. The number of nitrogens with zero attached hydrogens (tertiary/aromatic N) is 4. The molecule has 0 atom stereocenters. The lowest BCUT2D eigenvalue weighted by atomic mass is 10.0. The molecule has 0 aromatic heterocycles. The molecule has 34 heavy (non-hydrogen) atoms. The molecule has 2 saturated heterocycles. The standard InChI is InChI=1S/C24H32N4O5S/c1-19(2)21-5-3-20(4-6-21)18-25-9-11-26(12-10-25)23-8-7-22(28(29)30)17-24(23)34(31,32)27-13-15-33-16-14-27/h3-8,17,19H,9-16,18H2,1-2H3. The van der Waals surface area contributed by atoms with Crippen molar-refractivity contribution < 1.29 is 18.1 Å². The molecule has 0 bridgehead atoms. The van der Waals surface area contributed by atoms with Crippen molar-refractivity contribution >= 4 is 21.4 Å². The van der Waals surface area contributed by atoms with E-state index in [1.807, 2.05) is 4.90 Å². The van der Waals surface area contributed by atoms with Crippen LogP contribution in [0.3, 0.4) is 0 Å². The van der Waals surface area contributed by atoms with Gasteiger partial charge in [0.05, 0.1) is 23.8 Å². The molecule has 2 heterocycles. The second kappa shape index (κ2) is 10.4. The summed E-state index contributed by atoms with van der Waals surface area (Å²) >= 11 is 0. The highest BCUT2D eigenvalue weighted by Gasteiger charge is 2.32. The second-order valence-electron chi connectivity index (χ2n) is 9.09. The van der Waals surface area contributed by atoms with Gasteiger partial charge in [0.2, 0.25) is 10.0 Å². The summed E-state index contributed by atoms with van der Waals surface area (Å²) < 4.78 is 33.5. The number of rotatable bonds is 7. The van der Waals surface area contributed by atoms with E-state index in [0.29, 0.717) is 37.9 Å². The van der Waals surface area contributed by atoms with Crippen molar-refractivity contribution in [1.82, 2.24) is 9.21 Å². The zero-order valence-electron chi connectivity index (χ0n) is 19.7. The van der Waals surface area contributed by atoms with Crippen molar-refractivity contribution in [1.29, 1.82) is 0 Å². The minimum absolute atomic E-state index is 0.00123. The van der Waals surface area contributed by atoms with Gasteiger partial charge < -0.3 is 9.64 Å². The quantitative estimate of drug-likeness (QED) is 0.437. The summed E-state index contributed by atoms with van der Waals surface area (Å²) in [7, 11) is -3.88. The van der Waals surface area contributed by atoms with E-state index < -0.39 is 14.9 Å². The largest absolute Gasteiger partial charge is 0.379 e. The summed E-state index contributed by atoms with van der Waals surface area (Å²) in [5.74, 6) is 0.502. The van der Waals surface area contributed by atoms with Crippen LogP contribution in [0.4, 0.5) is 11.4 Å². The molecule has 0 amide bonds. The molecule has 0 radical (unpaired) electrons. The van der Waals surface area contributed by atoms with E-state index >= 15 is 0 Å². The average molecular weight is 489 g/mol. The van der Waals surface area contributed by atoms with Crippen molar-refractivity contribution in [2.24, 2.45) is 0 Å². The van der Waals surface area contributed by atoms with E-state index in [1.54, 1.807) is 6.07 Å². The first-order chi connectivity index (χ1) is 16.3. The van der Waals surface area contributed by atoms with E-state index in [2.05, 4.69) is 43.0 Å². The van der Waals surface area contributed by atoms with Crippen LogP contribution in [0.15, 0.2) is 47.4 Å². The Kier molecular flexibility index (Phi) is 7.51. The number of hydrogen-bond acceptors (Lipinski definition) is 7. The first-order valence-corrected chi connectivity index (χ1v) is 13.1. The minimum atomic E-state index is -3.88. The van der Waals surface area contributed by atoms with Gasteiger partial charge in [0, 0.05) is 57.9 Å². The molecule has 9 nitrogen and oxygen atoms in total. The molecule has 10 heteroatoms. The van der Waals surface area contributed by atoms with E-state index in [1.165, 1.54) is 27.6 Å². The van der Waals surface area contributed by atoms with E-state index in [9.17, 15) is 18.5 Å². The molecule has 2 aliphatic rings. The third-order valence-electron chi connectivity index (χ3n) is 6.51. The molecule has 2 aromatic rings. The lowest BCUT2D eigenvalue weighted by molar-refractivity contribution is -0.385. The molecule has 2 aromatic carbocycles. The third-order valence-corrected chi connectivity index (χ3v) is 8.44. The monoisotopic (exact) mass is 488 g/mol. The summed E-state index contributed by atoms with van der Waals surface area (Å²) in [6.45, 7) is 9.18. The van der Waals surface area contributed by atoms with Crippen LogP contribution in [0.1, 0.15) is 30.9 Å². The summed E-state index contributed by atoms with van der Waals surface area (Å²) in [5.41, 5.74) is 2.88. The first-order valence-electron chi connectivity index (χ1n) is 11.7. The van der Waals surface area contributed by atoms with Crippen LogP contribution in [-0.2, 0) is 21.3 Å². The number of ether oxygens (including phenoxy) is 1. The Morgan fingerprint density at radius 3 is 2.21 bits per heavy atom. The highest BCUT2D eigenvalue weighted by Crippen LogP contribution is 2.33. The maximum absolute atomic E-state index is 13.4. The van der Waals surface area contributed by atoms with Crippen LogP contribution in [0.25, 0.3) is 0 Å². The van der Waals surface area contributed by atoms with Crippen molar-refractivity contribution in [2.75, 3.05) is 57.4 Å². The molecular weight excluding hydrogens is 456 g/mol. The normalized spacial score (nSPS) is 18.4. The zero-order chi connectivity index (χ0) is 24.3. The van der Waals surface area contributed by atoms with Crippen molar-refractivity contribution in [2.45, 2.75) is 31.2 Å². The Morgan fingerprint density at radius 1 is 0.971 bits per heavy atom. The second-order valence-corrected chi connectivity index (χ2v) is 11.0. The smallest absolute Gasteiger partial charge is 0.270 e. The van der Waals surface area contributed by atoms with Gasteiger partial charge in [-0.1, -0.05) is 38.1 Å². The highest BCUT2D eigenvalue weighted by atomic mass is 32.2. The first kappa shape index (κ1) is 24.6. The lowest BCUT2D eigenvalue weighted by Crippen LogP contribution is -2.47. The fourth-order valence-electron chi connectivity index (χ4n) is 4.42. The molecule has 2 fully saturated rings.